The Kier molecular flexibility index (Phi) is 5.43. The Morgan fingerprint density at radius 3 is 2.38 bits per heavy atom. The van der Waals surface area contributed by atoms with Gasteiger partial charge in [0.05, 0.1) is 6.20 Å². The van der Waals surface area contributed by atoms with E-state index in [9.17, 15) is 13.2 Å². The Labute approximate surface area is 142 Å². The van der Waals surface area contributed by atoms with Crippen LogP contribution in [0.3, 0.4) is 0 Å². The fraction of sp³-hybridized carbons (Fsp3) is 0.412. The first-order valence-electron chi connectivity index (χ1n) is 7.74. The smallest absolute Gasteiger partial charge is 0.235 e. The summed E-state index contributed by atoms with van der Waals surface area (Å²) in [4.78, 5) is 12.0. The Bertz CT molecular complexity index is 831. The molecular weight excluding hydrogens is 326 g/mol. The molecule has 0 spiro atoms. The molecule has 0 aliphatic rings. The van der Waals surface area contributed by atoms with Gasteiger partial charge in [0, 0.05) is 19.8 Å². The quantitative estimate of drug-likeness (QED) is 0.856. The standard InChI is InChI=1S/C17H23N3O3S/c1-12-7-13(2)16(14(3)8-12)5-6-18-17(21)11-24(22,23)15-9-19-20(4)10-15/h7-10H,5-6,11H2,1-4H3,(H,18,21). The van der Waals surface area contributed by atoms with Crippen molar-refractivity contribution in [2.45, 2.75) is 32.1 Å². The second-order valence-corrected chi connectivity index (χ2v) is 8.08. The summed E-state index contributed by atoms with van der Waals surface area (Å²) >= 11 is 0. The maximum atomic E-state index is 12.1. The molecule has 0 radical (unpaired) electrons. The molecule has 1 amide bonds. The van der Waals surface area contributed by atoms with Gasteiger partial charge in [0.1, 0.15) is 10.6 Å². The first-order valence-corrected chi connectivity index (χ1v) is 9.39. The molecule has 2 aromatic rings. The minimum absolute atomic E-state index is 0.0605. The molecule has 0 saturated heterocycles. The normalized spacial score (nSPS) is 11.5. The molecule has 2 rings (SSSR count). The first-order chi connectivity index (χ1) is 11.2. The number of hydrogen-bond acceptors (Lipinski definition) is 4. The van der Waals surface area contributed by atoms with Crippen molar-refractivity contribution in [3.05, 3.63) is 46.8 Å². The molecular formula is C17H23N3O3S. The van der Waals surface area contributed by atoms with Crippen molar-refractivity contribution in [2.24, 2.45) is 7.05 Å². The number of carbonyl (C=O) groups is 1. The fourth-order valence-corrected chi connectivity index (χ4v) is 3.93. The van der Waals surface area contributed by atoms with Crippen LogP contribution < -0.4 is 5.32 Å². The first kappa shape index (κ1) is 18.2. The predicted molar refractivity (Wildman–Crippen MR) is 92.6 cm³/mol. The van der Waals surface area contributed by atoms with Crippen LogP contribution in [0.5, 0.6) is 0 Å². The van der Waals surface area contributed by atoms with Gasteiger partial charge in [-0.05, 0) is 43.9 Å². The van der Waals surface area contributed by atoms with Gasteiger partial charge in [-0.2, -0.15) is 5.10 Å². The van der Waals surface area contributed by atoms with Crippen LogP contribution in [0.1, 0.15) is 22.3 Å². The highest BCUT2D eigenvalue weighted by Crippen LogP contribution is 2.16. The molecule has 130 valence electrons. The minimum atomic E-state index is -3.65. The molecule has 7 heteroatoms. The number of nitrogens with zero attached hydrogens (tertiary/aromatic N) is 2. The van der Waals surface area contributed by atoms with E-state index < -0.39 is 21.5 Å². The number of aryl methyl sites for hydroxylation is 4. The van der Waals surface area contributed by atoms with Crippen LogP contribution in [0.25, 0.3) is 0 Å². The van der Waals surface area contributed by atoms with Gasteiger partial charge < -0.3 is 5.32 Å². The van der Waals surface area contributed by atoms with Crippen molar-refractivity contribution in [3.63, 3.8) is 0 Å². The monoisotopic (exact) mass is 349 g/mol. The summed E-state index contributed by atoms with van der Waals surface area (Å²) in [5.41, 5.74) is 4.77. The van der Waals surface area contributed by atoms with E-state index in [4.69, 9.17) is 0 Å². The van der Waals surface area contributed by atoms with Crippen molar-refractivity contribution in [2.75, 3.05) is 12.3 Å². The van der Waals surface area contributed by atoms with Crippen molar-refractivity contribution in [1.29, 1.82) is 0 Å². The van der Waals surface area contributed by atoms with Gasteiger partial charge in [-0.25, -0.2) is 8.42 Å². The average molecular weight is 349 g/mol. The lowest BCUT2D eigenvalue weighted by Crippen LogP contribution is -2.32. The average Bonchev–Trinajstić information content (AvgIpc) is 2.88. The summed E-state index contributed by atoms with van der Waals surface area (Å²) in [7, 11) is -2.02. The zero-order valence-corrected chi connectivity index (χ0v) is 15.3. The molecule has 1 N–H and O–H groups in total. The van der Waals surface area contributed by atoms with Crippen LogP contribution in [-0.2, 0) is 28.1 Å². The topological polar surface area (TPSA) is 81.1 Å². The molecule has 1 aromatic heterocycles. The van der Waals surface area contributed by atoms with Crippen molar-refractivity contribution >= 4 is 15.7 Å². The van der Waals surface area contributed by atoms with Crippen LogP contribution >= 0.6 is 0 Å². The van der Waals surface area contributed by atoms with E-state index in [1.807, 2.05) is 13.8 Å². The van der Waals surface area contributed by atoms with Gasteiger partial charge in [-0.1, -0.05) is 17.7 Å². The van der Waals surface area contributed by atoms with Gasteiger partial charge in [-0.3, -0.25) is 9.48 Å². The lowest BCUT2D eigenvalue weighted by atomic mass is 9.97. The number of aromatic nitrogens is 2. The molecule has 0 fully saturated rings. The number of sulfone groups is 1. The molecule has 0 aliphatic heterocycles. The van der Waals surface area contributed by atoms with E-state index in [1.165, 1.54) is 39.3 Å². The van der Waals surface area contributed by atoms with Gasteiger partial charge in [0.15, 0.2) is 9.84 Å². The zero-order chi connectivity index (χ0) is 17.9. The third-order valence-electron chi connectivity index (χ3n) is 3.90. The minimum Gasteiger partial charge on any atom is -0.355 e. The van der Waals surface area contributed by atoms with Gasteiger partial charge in [0.2, 0.25) is 5.91 Å². The van der Waals surface area contributed by atoms with E-state index in [1.54, 1.807) is 7.05 Å². The Hall–Kier alpha value is -2.15. The zero-order valence-electron chi connectivity index (χ0n) is 14.5. The maximum absolute atomic E-state index is 12.1. The third-order valence-corrected chi connectivity index (χ3v) is 5.47. The van der Waals surface area contributed by atoms with E-state index in [-0.39, 0.29) is 4.90 Å². The number of amides is 1. The molecule has 0 atom stereocenters. The lowest BCUT2D eigenvalue weighted by Gasteiger charge is -2.12. The van der Waals surface area contributed by atoms with Crippen molar-refractivity contribution in [1.82, 2.24) is 15.1 Å². The number of nitrogens with one attached hydrogen (secondary N) is 1. The molecule has 0 unspecified atom stereocenters. The molecule has 0 aliphatic carbocycles. The van der Waals surface area contributed by atoms with E-state index in [2.05, 4.69) is 29.5 Å². The Morgan fingerprint density at radius 1 is 1.21 bits per heavy atom. The number of carbonyl (C=O) groups excluding carboxylic acids is 1. The van der Waals surface area contributed by atoms with Crippen LogP contribution in [0, 0.1) is 20.8 Å². The molecule has 0 bridgehead atoms. The number of benzene rings is 1. The summed E-state index contributed by atoms with van der Waals surface area (Å²) in [6.07, 6.45) is 3.32. The van der Waals surface area contributed by atoms with Crippen LogP contribution in [0.15, 0.2) is 29.4 Å². The molecule has 6 nitrogen and oxygen atoms in total. The van der Waals surface area contributed by atoms with Gasteiger partial charge in [0.25, 0.3) is 0 Å². The lowest BCUT2D eigenvalue weighted by molar-refractivity contribution is -0.118. The highest BCUT2D eigenvalue weighted by Gasteiger charge is 2.20. The molecule has 1 heterocycles. The summed E-state index contributed by atoms with van der Waals surface area (Å²) in [5, 5.41) is 6.51. The summed E-state index contributed by atoms with van der Waals surface area (Å²) in [6.45, 7) is 6.55. The molecule has 0 saturated carbocycles. The number of rotatable bonds is 6. The summed E-state index contributed by atoms with van der Waals surface area (Å²) in [6, 6.07) is 4.22. The van der Waals surface area contributed by atoms with Gasteiger partial charge in [-0.15, -0.1) is 0 Å². The van der Waals surface area contributed by atoms with Crippen LogP contribution in [0.4, 0.5) is 0 Å². The highest BCUT2D eigenvalue weighted by molar-refractivity contribution is 7.92. The molecule has 24 heavy (non-hydrogen) atoms. The van der Waals surface area contributed by atoms with Crippen molar-refractivity contribution < 1.29 is 13.2 Å². The van der Waals surface area contributed by atoms with Crippen LogP contribution in [0.2, 0.25) is 0 Å². The Morgan fingerprint density at radius 2 is 1.83 bits per heavy atom. The fourth-order valence-electron chi connectivity index (χ4n) is 2.80. The van der Waals surface area contributed by atoms with Crippen molar-refractivity contribution in [3.8, 4) is 0 Å². The van der Waals surface area contributed by atoms with Gasteiger partial charge >= 0.3 is 0 Å². The largest absolute Gasteiger partial charge is 0.355 e. The van der Waals surface area contributed by atoms with E-state index >= 15 is 0 Å². The highest BCUT2D eigenvalue weighted by atomic mass is 32.2. The third kappa shape index (κ3) is 4.44. The summed E-state index contributed by atoms with van der Waals surface area (Å²) < 4.78 is 25.6. The number of hydrogen-bond donors (Lipinski definition) is 1. The second-order valence-electron chi connectivity index (χ2n) is 6.09. The molecule has 1 aromatic carbocycles. The predicted octanol–water partition coefficient (Wildman–Crippen LogP) is 1.48. The Balaban J connectivity index is 1.92. The van der Waals surface area contributed by atoms with E-state index in [0.717, 1.165) is 0 Å². The second kappa shape index (κ2) is 7.17. The van der Waals surface area contributed by atoms with Crippen LogP contribution in [-0.4, -0.2) is 36.4 Å². The van der Waals surface area contributed by atoms with E-state index in [0.29, 0.717) is 13.0 Å². The SMILES string of the molecule is Cc1cc(C)c(CCNC(=O)CS(=O)(=O)c2cnn(C)c2)c(C)c1. The summed E-state index contributed by atoms with van der Waals surface area (Å²) in [5.74, 6) is -1.06. The maximum Gasteiger partial charge on any atom is 0.235 e.